The quantitative estimate of drug-likeness (QED) is 0.555. The van der Waals surface area contributed by atoms with E-state index in [0.29, 0.717) is 12.2 Å². The van der Waals surface area contributed by atoms with Crippen LogP contribution in [0.3, 0.4) is 0 Å². The molecule has 0 radical (unpaired) electrons. The van der Waals surface area contributed by atoms with Gasteiger partial charge in [-0.3, -0.25) is 4.90 Å². The van der Waals surface area contributed by atoms with Crippen LogP contribution in [0.15, 0.2) is 48.5 Å². The number of carbonyl (C=O) groups is 1. The van der Waals surface area contributed by atoms with Crippen molar-refractivity contribution in [2.24, 2.45) is 0 Å². The van der Waals surface area contributed by atoms with E-state index in [-0.39, 0.29) is 5.97 Å². The van der Waals surface area contributed by atoms with Crippen LogP contribution in [0.2, 0.25) is 0 Å². The fourth-order valence-electron chi connectivity index (χ4n) is 2.87. The molecule has 3 rings (SSSR count). The van der Waals surface area contributed by atoms with Gasteiger partial charge in [0.25, 0.3) is 0 Å². The van der Waals surface area contributed by atoms with Crippen LogP contribution in [-0.4, -0.2) is 57.4 Å². The van der Waals surface area contributed by atoms with E-state index in [4.69, 9.17) is 14.2 Å². The number of rotatable bonds is 7. The summed E-state index contributed by atoms with van der Waals surface area (Å²) in [5, 5.41) is 0. The largest absolute Gasteiger partial charge is 0.492 e. The zero-order chi connectivity index (χ0) is 18.9. The lowest BCUT2D eigenvalue weighted by Crippen LogP contribution is -2.38. The standard InChI is InChI=1S/C22H25NO4/c1-25-22(24)20-4-2-3-19(17-20)6-5-18-7-9-21(10-8-18)27-16-13-23-11-14-26-15-12-23/h2-10,17H,11-16H2,1H3/b6-5+. The van der Waals surface area contributed by atoms with E-state index < -0.39 is 0 Å². The van der Waals surface area contributed by atoms with E-state index in [0.717, 1.165) is 49.7 Å². The minimum Gasteiger partial charge on any atom is -0.492 e. The van der Waals surface area contributed by atoms with Crippen molar-refractivity contribution in [2.75, 3.05) is 46.6 Å². The monoisotopic (exact) mass is 367 g/mol. The van der Waals surface area contributed by atoms with Gasteiger partial charge in [-0.15, -0.1) is 0 Å². The Hall–Kier alpha value is -2.63. The van der Waals surface area contributed by atoms with Gasteiger partial charge in [-0.2, -0.15) is 0 Å². The summed E-state index contributed by atoms with van der Waals surface area (Å²) in [6.45, 7) is 5.17. The fourth-order valence-corrected chi connectivity index (χ4v) is 2.87. The first kappa shape index (κ1) is 19.1. The highest BCUT2D eigenvalue weighted by Gasteiger charge is 2.09. The summed E-state index contributed by atoms with van der Waals surface area (Å²) < 4.78 is 15.9. The highest BCUT2D eigenvalue weighted by molar-refractivity contribution is 5.90. The second-order valence-corrected chi connectivity index (χ2v) is 6.32. The average Bonchev–Trinajstić information content (AvgIpc) is 2.73. The summed E-state index contributed by atoms with van der Waals surface area (Å²) in [6.07, 6.45) is 3.98. The normalized spacial score (nSPS) is 15.0. The number of hydrogen-bond donors (Lipinski definition) is 0. The smallest absolute Gasteiger partial charge is 0.337 e. The molecule has 0 aliphatic carbocycles. The van der Waals surface area contributed by atoms with Crippen molar-refractivity contribution < 1.29 is 19.0 Å². The molecule has 0 bridgehead atoms. The highest BCUT2D eigenvalue weighted by atomic mass is 16.5. The van der Waals surface area contributed by atoms with Crippen molar-refractivity contribution in [1.82, 2.24) is 4.90 Å². The predicted octanol–water partition coefficient (Wildman–Crippen LogP) is 3.35. The van der Waals surface area contributed by atoms with E-state index >= 15 is 0 Å². The van der Waals surface area contributed by atoms with Gasteiger partial charge in [-0.25, -0.2) is 4.79 Å². The molecule has 2 aromatic rings. The molecule has 0 aromatic heterocycles. The van der Waals surface area contributed by atoms with Gasteiger partial charge in [-0.1, -0.05) is 36.4 Å². The molecule has 1 fully saturated rings. The Kier molecular flexibility index (Phi) is 7.02. The van der Waals surface area contributed by atoms with Crippen LogP contribution in [0.25, 0.3) is 12.2 Å². The lowest BCUT2D eigenvalue weighted by atomic mass is 10.1. The Bertz CT molecular complexity index is 764. The van der Waals surface area contributed by atoms with Gasteiger partial charge >= 0.3 is 5.97 Å². The van der Waals surface area contributed by atoms with Crippen LogP contribution in [0.4, 0.5) is 0 Å². The topological polar surface area (TPSA) is 48.0 Å². The first-order chi connectivity index (χ1) is 13.2. The maximum absolute atomic E-state index is 11.6. The maximum atomic E-state index is 11.6. The Balaban J connectivity index is 1.51. The molecule has 0 atom stereocenters. The van der Waals surface area contributed by atoms with Crippen LogP contribution in [0, 0.1) is 0 Å². The van der Waals surface area contributed by atoms with E-state index in [2.05, 4.69) is 4.90 Å². The van der Waals surface area contributed by atoms with Crippen molar-refractivity contribution in [1.29, 1.82) is 0 Å². The minimum absolute atomic E-state index is 0.330. The second-order valence-electron chi connectivity index (χ2n) is 6.32. The third-order valence-corrected chi connectivity index (χ3v) is 4.44. The number of ether oxygens (including phenoxy) is 3. The average molecular weight is 367 g/mol. The van der Waals surface area contributed by atoms with E-state index in [9.17, 15) is 4.79 Å². The molecular weight excluding hydrogens is 342 g/mol. The number of hydrogen-bond acceptors (Lipinski definition) is 5. The molecule has 5 nitrogen and oxygen atoms in total. The van der Waals surface area contributed by atoms with Crippen LogP contribution in [0.5, 0.6) is 5.75 Å². The van der Waals surface area contributed by atoms with Crippen molar-refractivity contribution in [3.8, 4) is 5.75 Å². The van der Waals surface area contributed by atoms with Crippen molar-refractivity contribution in [2.45, 2.75) is 0 Å². The Morgan fingerprint density at radius 1 is 1.07 bits per heavy atom. The molecular formula is C22H25NO4. The van der Waals surface area contributed by atoms with Gasteiger partial charge in [0.2, 0.25) is 0 Å². The zero-order valence-corrected chi connectivity index (χ0v) is 15.6. The Labute approximate surface area is 160 Å². The van der Waals surface area contributed by atoms with E-state index in [1.54, 1.807) is 6.07 Å². The molecule has 0 saturated carbocycles. The Morgan fingerprint density at radius 3 is 2.56 bits per heavy atom. The number of morpholine rings is 1. The lowest BCUT2D eigenvalue weighted by Gasteiger charge is -2.26. The van der Waals surface area contributed by atoms with Gasteiger partial charge < -0.3 is 14.2 Å². The first-order valence-electron chi connectivity index (χ1n) is 9.14. The third kappa shape index (κ3) is 5.94. The summed E-state index contributed by atoms with van der Waals surface area (Å²) in [7, 11) is 1.38. The summed E-state index contributed by atoms with van der Waals surface area (Å²) in [6, 6.07) is 15.3. The maximum Gasteiger partial charge on any atom is 0.337 e. The van der Waals surface area contributed by atoms with Crippen LogP contribution >= 0.6 is 0 Å². The molecule has 1 heterocycles. The Morgan fingerprint density at radius 2 is 1.81 bits per heavy atom. The van der Waals surface area contributed by atoms with Crippen LogP contribution in [0.1, 0.15) is 21.5 Å². The molecule has 0 N–H and O–H groups in total. The van der Waals surface area contributed by atoms with Crippen LogP contribution < -0.4 is 4.74 Å². The van der Waals surface area contributed by atoms with Crippen molar-refractivity contribution >= 4 is 18.1 Å². The first-order valence-corrected chi connectivity index (χ1v) is 9.14. The van der Waals surface area contributed by atoms with Gasteiger partial charge in [-0.05, 0) is 35.4 Å². The number of benzene rings is 2. The lowest BCUT2D eigenvalue weighted by molar-refractivity contribution is 0.0322. The summed E-state index contributed by atoms with van der Waals surface area (Å²) in [5.41, 5.74) is 2.56. The molecule has 1 aliphatic rings. The van der Waals surface area contributed by atoms with Gasteiger partial charge in [0.15, 0.2) is 0 Å². The van der Waals surface area contributed by atoms with E-state index in [1.165, 1.54) is 7.11 Å². The number of esters is 1. The molecule has 0 amide bonds. The van der Waals surface area contributed by atoms with Crippen molar-refractivity contribution in [3.05, 3.63) is 65.2 Å². The zero-order valence-electron chi connectivity index (χ0n) is 15.6. The molecule has 142 valence electrons. The summed E-state index contributed by atoms with van der Waals surface area (Å²) in [5.74, 6) is 0.539. The number of methoxy groups -OCH3 is 1. The van der Waals surface area contributed by atoms with E-state index in [1.807, 2.05) is 54.6 Å². The molecule has 27 heavy (non-hydrogen) atoms. The third-order valence-electron chi connectivity index (χ3n) is 4.44. The molecule has 0 spiro atoms. The molecule has 1 aliphatic heterocycles. The minimum atomic E-state index is -0.330. The van der Waals surface area contributed by atoms with Gasteiger partial charge in [0.05, 0.1) is 25.9 Å². The summed E-state index contributed by atoms with van der Waals surface area (Å²) in [4.78, 5) is 13.9. The number of carbonyl (C=O) groups excluding carboxylic acids is 1. The predicted molar refractivity (Wildman–Crippen MR) is 106 cm³/mol. The van der Waals surface area contributed by atoms with Gasteiger partial charge in [0, 0.05) is 19.6 Å². The SMILES string of the molecule is COC(=O)c1cccc(/C=C/c2ccc(OCCN3CCOCC3)cc2)c1. The van der Waals surface area contributed by atoms with Crippen molar-refractivity contribution in [3.63, 3.8) is 0 Å². The molecule has 2 aromatic carbocycles. The second kappa shape index (κ2) is 9.90. The van der Waals surface area contributed by atoms with Gasteiger partial charge in [0.1, 0.15) is 12.4 Å². The molecule has 0 unspecified atom stereocenters. The molecule has 5 heteroatoms. The van der Waals surface area contributed by atoms with Crippen LogP contribution in [-0.2, 0) is 9.47 Å². The summed E-state index contributed by atoms with van der Waals surface area (Å²) >= 11 is 0. The number of nitrogens with zero attached hydrogens (tertiary/aromatic N) is 1. The highest BCUT2D eigenvalue weighted by Crippen LogP contribution is 2.15. The molecule has 1 saturated heterocycles. The fraction of sp³-hybridized carbons (Fsp3) is 0.318.